The summed E-state index contributed by atoms with van der Waals surface area (Å²) in [6.07, 6.45) is 4.42. The molecule has 0 saturated heterocycles. The first-order valence-electron chi connectivity index (χ1n) is 7.07. The van der Waals surface area contributed by atoms with Crippen molar-refractivity contribution in [3.63, 3.8) is 0 Å². The highest BCUT2D eigenvalue weighted by atomic mass is 16.1. The van der Waals surface area contributed by atoms with Gasteiger partial charge in [0, 0.05) is 0 Å². The molecule has 0 radical (unpaired) electrons. The zero-order chi connectivity index (χ0) is 15.7. The Bertz CT molecular complexity index is 646. The molecule has 0 amide bonds. The molecule has 0 spiro atoms. The van der Waals surface area contributed by atoms with E-state index in [9.17, 15) is 9.59 Å². The molecule has 0 aliphatic rings. The second kappa shape index (κ2) is 7.84. The Labute approximate surface area is 129 Å². The van der Waals surface area contributed by atoms with Gasteiger partial charge in [-0.2, -0.15) is 4.99 Å². The Morgan fingerprint density at radius 2 is 1.36 bits per heavy atom. The lowest BCUT2D eigenvalue weighted by Gasteiger charge is -2.29. The molecular formula is C18H16N2O2. The Morgan fingerprint density at radius 3 is 1.82 bits per heavy atom. The molecule has 110 valence electrons. The SMILES string of the molecule is O=C=NCCCC(N=C=O)(c1ccccc1)c1ccccc1. The lowest BCUT2D eigenvalue weighted by molar-refractivity contribution is 0.469. The van der Waals surface area contributed by atoms with Gasteiger partial charge in [-0.25, -0.2) is 14.6 Å². The van der Waals surface area contributed by atoms with Crippen LogP contribution < -0.4 is 0 Å². The molecule has 0 heterocycles. The second-order valence-electron chi connectivity index (χ2n) is 4.87. The van der Waals surface area contributed by atoms with Crippen LogP contribution in [-0.2, 0) is 15.1 Å². The summed E-state index contributed by atoms with van der Waals surface area (Å²) in [5.74, 6) is 0. The van der Waals surface area contributed by atoms with Crippen LogP contribution in [0.4, 0.5) is 0 Å². The van der Waals surface area contributed by atoms with Gasteiger partial charge in [0.05, 0.1) is 6.54 Å². The number of carbonyl (C=O) groups excluding carboxylic acids is 2. The van der Waals surface area contributed by atoms with Crippen LogP contribution in [0.2, 0.25) is 0 Å². The molecule has 22 heavy (non-hydrogen) atoms. The van der Waals surface area contributed by atoms with Gasteiger partial charge in [-0.15, -0.1) is 0 Å². The maximum absolute atomic E-state index is 11.1. The van der Waals surface area contributed by atoms with Crippen molar-refractivity contribution in [2.45, 2.75) is 18.4 Å². The van der Waals surface area contributed by atoms with Gasteiger partial charge in [0.2, 0.25) is 12.2 Å². The van der Waals surface area contributed by atoms with Crippen LogP contribution in [0.3, 0.4) is 0 Å². The molecule has 2 aromatic carbocycles. The molecule has 0 bridgehead atoms. The van der Waals surface area contributed by atoms with Gasteiger partial charge < -0.3 is 0 Å². The van der Waals surface area contributed by atoms with Gasteiger partial charge in [-0.1, -0.05) is 60.7 Å². The number of nitrogens with zero attached hydrogens (tertiary/aromatic N) is 2. The standard InChI is InChI=1S/C18H16N2O2/c21-14-19-13-7-12-18(20-15-22,16-8-3-1-4-9-16)17-10-5-2-6-11-17/h1-6,8-11H,7,12-13H2. The maximum Gasteiger partial charge on any atom is 0.236 e. The molecule has 0 aliphatic carbocycles. The lowest BCUT2D eigenvalue weighted by atomic mass is 9.80. The highest BCUT2D eigenvalue weighted by Crippen LogP contribution is 2.37. The van der Waals surface area contributed by atoms with Crippen molar-refractivity contribution < 1.29 is 9.59 Å². The highest BCUT2D eigenvalue weighted by molar-refractivity contribution is 5.45. The molecule has 4 heteroatoms. The molecule has 0 atom stereocenters. The molecule has 0 unspecified atom stereocenters. The van der Waals surface area contributed by atoms with Crippen molar-refractivity contribution in [3.05, 3.63) is 71.8 Å². The van der Waals surface area contributed by atoms with Gasteiger partial charge in [0.1, 0.15) is 5.54 Å². The molecule has 0 saturated carbocycles. The van der Waals surface area contributed by atoms with E-state index in [1.54, 1.807) is 6.08 Å². The summed E-state index contributed by atoms with van der Waals surface area (Å²) in [6.45, 7) is 0.360. The Morgan fingerprint density at radius 1 is 0.818 bits per heavy atom. The van der Waals surface area contributed by atoms with Gasteiger partial charge in [-0.05, 0) is 24.0 Å². The maximum atomic E-state index is 11.1. The predicted molar refractivity (Wildman–Crippen MR) is 84.0 cm³/mol. The second-order valence-corrected chi connectivity index (χ2v) is 4.87. The first-order valence-corrected chi connectivity index (χ1v) is 7.07. The van der Waals surface area contributed by atoms with Gasteiger partial charge >= 0.3 is 0 Å². The minimum absolute atomic E-state index is 0.360. The summed E-state index contributed by atoms with van der Waals surface area (Å²) >= 11 is 0. The van der Waals surface area contributed by atoms with Crippen LogP contribution in [0, 0.1) is 0 Å². The Balaban J connectivity index is 2.49. The van der Waals surface area contributed by atoms with E-state index >= 15 is 0 Å². The molecule has 2 aromatic rings. The van der Waals surface area contributed by atoms with Crippen LogP contribution in [0.1, 0.15) is 24.0 Å². The summed E-state index contributed by atoms with van der Waals surface area (Å²) in [5, 5.41) is 0. The number of rotatable bonds is 7. The molecule has 0 N–H and O–H groups in total. The first kappa shape index (κ1) is 15.6. The van der Waals surface area contributed by atoms with E-state index in [2.05, 4.69) is 9.98 Å². The zero-order valence-corrected chi connectivity index (χ0v) is 12.1. The van der Waals surface area contributed by atoms with Gasteiger partial charge in [-0.3, -0.25) is 0 Å². The Kier molecular flexibility index (Phi) is 5.56. The minimum Gasteiger partial charge on any atom is -0.211 e. The predicted octanol–water partition coefficient (Wildman–Crippen LogP) is 3.38. The number of hydrogen-bond donors (Lipinski definition) is 0. The molecule has 0 aromatic heterocycles. The van der Waals surface area contributed by atoms with E-state index in [0.717, 1.165) is 11.1 Å². The highest BCUT2D eigenvalue weighted by Gasteiger charge is 2.33. The average molecular weight is 292 g/mol. The van der Waals surface area contributed by atoms with Crippen molar-refractivity contribution in [2.24, 2.45) is 9.98 Å². The average Bonchev–Trinajstić information content (AvgIpc) is 2.59. The first-order chi connectivity index (χ1) is 10.8. The van der Waals surface area contributed by atoms with Crippen LogP contribution in [0.25, 0.3) is 0 Å². The van der Waals surface area contributed by atoms with Crippen molar-refractivity contribution >= 4 is 12.2 Å². The Hall–Kier alpha value is -2.80. The molecule has 4 nitrogen and oxygen atoms in total. The summed E-state index contributed by atoms with van der Waals surface area (Å²) in [6, 6.07) is 19.3. The van der Waals surface area contributed by atoms with Crippen LogP contribution in [-0.4, -0.2) is 18.7 Å². The van der Waals surface area contributed by atoms with Gasteiger partial charge in [0.15, 0.2) is 0 Å². The summed E-state index contributed by atoms with van der Waals surface area (Å²) < 4.78 is 0. The van der Waals surface area contributed by atoms with Crippen LogP contribution >= 0.6 is 0 Å². The van der Waals surface area contributed by atoms with E-state index in [4.69, 9.17) is 0 Å². The van der Waals surface area contributed by atoms with E-state index in [0.29, 0.717) is 19.4 Å². The summed E-state index contributed by atoms with van der Waals surface area (Å²) in [7, 11) is 0. The van der Waals surface area contributed by atoms with Crippen LogP contribution in [0.15, 0.2) is 70.6 Å². The largest absolute Gasteiger partial charge is 0.236 e. The third kappa shape index (κ3) is 3.44. The minimum atomic E-state index is -0.803. The smallest absolute Gasteiger partial charge is 0.211 e. The fourth-order valence-corrected chi connectivity index (χ4v) is 2.61. The monoisotopic (exact) mass is 292 g/mol. The summed E-state index contributed by atoms with van der Waals surface area (Å²) in [5.41, 5.74) is 1.03. The van der Waals surface area contributed by atoms with Crippen molar-refractivity contribution in [1.82, 2.24) is 0 Å². The lowest BCUT2D eigenvalue weighted by Crippen LogP contribution is -2.25. The quantitative estimate of drug-likeness (QED) is 0.446. The van der Waals surface area contributed by atoms with Crippen molar-refractivity contribution in [1.29, 1.82) is 0 Å². The fraction of sp³-hybridized carbons (Fsp3) is 0.222. The van der Waals surface area contributed by atoms with Crippen molar-refractivity contribution in [3.8, 4) is 0 Å². The fourth-order valence-electron chi connectivity index (χ4n) is 2.61. The summed E-state index contributed by atoms with van der Waals surface area (Å²) in [4.78, 5) is 29.0. The molecular weight excluding hydrogens is 276 g/mol. The molecule has 0 aliphatic heterocycles. The topological polar surface area (TPSA) is 58.9 Å². The third-order valence-corrected chi connectivity index (χ3v) is 3.61. The van der Waals surface area contributed by atoms with Gasteiger partial charge in [0.25, 0.3) is 0 Å². The van der Waals surface area contributed by atoms with E-state index in [1.165, 1.54) is 6.08 Å². The number of aliphatic imine (C=N–C) groups is 2. The number of benzene rings is 2. The third-order valence-electron chi connectivity index (χ3n) is 3.61. The van der Waals surface area contributed by atoms with Crippen LogP contribution in [0.5, 0.6) is 0 Å². The van der Waals surface area contributed by atoms with Crippen molar-refractivity contribution in [2.75, 3.05) is 6.54 Å². The molecule has 2 rings (SSSR count). The zero-order valence-electron chi connectivity index (χ0n) is 12.1. The number of hydrogen-bond acceptors (Lipinski definition) is 4. The van der Waals surface area contributed by atoms with E-state index < -0.39 is 5.54 Å². The van der Waals surface area contributed by atoms with E-state index in [1.807, 2.05) is 60.7 Å². The number of isocyanates is 2. The van der Waals surface area contributed by atoms with E-state index in [-0.39, 0.29) is 0 Å². The normalized spacial score (nSPS) is 10.4. The molecule has 0 fully saturated rings.